The van der Waals surface area contributed by atoms with Crippen molar-refractivity contribution in [3.8, 4) is 0 Å². The summed E-state index contributed by atoms with van der Waals surface area (Å²) in [4.78, 5) is 0. The van der Waals surface area contributed by atoms with E-state index in [9.17, 15) is 30.7 Å². The number of hydrogen-bond acceptors (Lipinski definition) is 0. The molecule has 0 radical (unpaired) electrons. The lowest BCUT2D eigenvalue weighted by Crippen LogP contribution is -2.09. The molecule has 0 N–H and O–H groups in total. The van der Waals surface area contributed by atoms with Gasteiger partial charge in [-0.3, -0.25) is 0 Å². The van der Waals surface area contributed by atoms with E-state index in [1.165, 1.54) is 6.92 Å². The number of allylic oxidation sites excluding steroid dienone is 2. The van der Waals surface area contributed by atoms with Crippen molar-refractivity contribution in [1.29, 1.82) is 0 Å². The van der Waals surface area contributed by atoms with Gasteiger partial charge in [-0.25, -0.2) is 0 Å². The molecule has 0 fully saturated rings. The number of alkyl halides is 3. The fourth-order valence-corrected chi connectivity index (χ4v) is 0.107. The van der Waals surface area contributed by atoms with Gasteiger partial charge >= 0.3 is 6.18 Å². The van der Waals surface area contributed by atoms with Crippen LogP contribution in [-0.2, 0) is 0 Å². The average molecular weight is 224 g/mol. The minimum Gasteiger partial charge on any atom is -0.174 e. The van der Waals surface area contributed by atoms with E-state index in [0.29, 0.717) is 6.92 Å². The fraction of sp³-hybridized carbons (Fsp3) is 0.429. The van der Waals surface area contributed by atoms with Crippen LogP contribution < -0.4 is 0 Å². The second-order valence-electron chi connectivity index (χ2n) is 1.96. The molecule has 0 saturated heterocycles. The smallest absolute Gasteiger partial charge is 0.174 e. The minimum atomic E-state index is -4.89. The van der Waals surface area contributed by atoms with E-state index >= 15 is 0 Å². The lowest BCUT2D eigenvalue weighted by Gasteiger charge is -2.02. The Hall–Kier alpha value is -1.01. The highest BCUT2D eigenvalue weighted by molar-refractivity contribution is 5.05. The van der Waals surface area contributed by atoms with Gasteiger partial charge in [-0.05, 0) is 19.9 Å². The Labute approximate surface area is 75.7 Å². The molecule has 84 valence electrons. The van der Waals surface area contributed by atoms with Crippen LogP contribution in [0.5, 0.6) is 0 Å². The molecule has 14 heavy (non-hydrogen) atoms. The molecule has 0 aromatic heterocycles. The first-order chi connectivity index (χ1) is 6.12. The Balaban J connectivity index is 0. The summed E-state index contributed by atoms with van der Waals surface area (Å²) in [7, 11) is 0. The molecule has 0 atom stereocenters. The first-order valence-corrected chi connectivity index (χ1v) is 3.19. The molecule has 0 aliphatic heterocycles. The summed E-state index contributed by atoms with van der Waals surface area (Å²) in [6.45, 7) is 1.62. The molecule has 0 aliphatic rings. The monoisotopic (exact) mass is 224 g/mol. The predicted molar refractivity (Wildman–Crippen MR) is 36.9 cm³/mol. The molecule has 0 spiro atoms. The largest absolute Gasteiger partial charge is 0.417 e. The van der Waals surface area contributed by atoms with Crippen molar-refractivity contribution < 1.29 is 30.7 Å². The zero-order valence-electron chi connectivity index (χ0n) is 7.22. The third-order valence-electron chi connectivity index (χ3n) is 0.927. The Kier molecular flexibility index (Phi) is 7.12. The van der Waals surface area contributed by atoms with E-state index in [1.54, 1.807) is 0 Å². The molecule has 0 aliphatic carbocycles. The van der Waals surface area contributed by atoms with Gasteiger partial charge in [0, 0.05) is 0 Å². The second kappa shape index (κ2) is 6.44. The maximum Gasteiger partial charge on any atom is 0.417 e. The van der Waals surface area contributed by atoms with E-state index in [1.807, 2.05) is 0 Å². The van der Waals surface area contributed by atoms with Gasteiger partial charge in [0.05, 0.1) is 5.57 Å². The molecule has 0 amide bonds. The van der Waals surface area contributed by atoms with Gasteiger partial charge in [-0.1, -0.05) is 0 Å². The standard InChI is InChI=1S/C4H3F5.C3H4F2/c1-2(3(5)6)4(7,8)9;1-2-3(4)5/h1H3;2H,1H3. The summed E-state index contributed by atoms with van der Waals surface area (Å²) >= 11 is 0. The van der Waals surface area contributed by atoms with Crippen molar-refractivity contribution in [3.05, 3.63) is 23.8 Å². The van der Waals surface area contributed by atoms with Gasteiger partial charge < -0.3 is 0 Å². The van der Waals surface area contributed by atoms with Crippen molar-refractivity contribution in [2.75, 3.05) is 0 Å². The van der Waals surface area contributed by atoms with Gasteiger partial charge in [-0.15, -0.1) is 0 Å². The fourth-order valence-electron chi connectivity index (χ4n) is 0.107. The minimum absolute atomic E-state index is 0.329. The lowest BCUT2D eigenvalue weighted by molar-refractivity contribution is -0.0947. The van der Waals surface area contributed by atoms with Crippen LogP contribution in [0.1, 0.15) is 13.8 Å². The molecule has 0 aromatic carbocycles. The summed E-state index contributed by atoms with van der Waals surface area (Å²) < 4.78 is 76.9. The third-order valence-corrected chi connectivity index (χ3v) is 0.927. The van der Waals surface area contributed by atoms with Gasteiger partial charge in [-0.2, -0.15) is 30.7 Å². The Bertz CT molecular complexity index is 215. The first kappa shape index (κ1) is 15.5. The number of rotatable bonds is 0. The molecule has 0 bridgehead atoms. The van der Waals surface area contributed by atoms with E-state index in [4.69, 9.17) is 0 Å². The molecule has 0 nitrogen and oxygen atoms in total. The molecule has 7 heteroatoms. The third kappa shape index (κ3) is 9.08. The van der Waals surface area contributed by atoms with Crippen LogP contribution >= 0.6 is 0 Å². The highest BCUT2D eigenvalue weighted by atomic mass is 19.4. The van der Waals surface area contributed by atoms with Crippen LogP contribution in [0.25, 0.3) is 0 Å². The van der Waals surface area contributed by atoms with Crippen molar-refractivity contribution in [3.63, 3.8) is 0 Å². The maximum atomic E-state index is 11.2. The van der Waals surface area contributed by atoms with Gasteiger partial charge in [0.25, 0.3) is 12.2 Å². The molecular formula is C7H7F7. The normalized spacial score (nSPS) is 9.79. The van der Waals surface area contributed by atoms with Crippen molar-refractivity contribution in [2.24, 2.45) is 0 Å². The molecule has 0 aromatic rings. The summed E-state index contributed by atoms with van der Waals surface area (Å²) in [6, 6.07) is 0. The summed E-state index contributed by atoms with van der Waals surface area (Å²) in [5.41, 5.74) is -1.83. The van der Waals surface area contributed by atoms with Crippen LogP contribution in [0.3, 0.4) is 0 Å². The average Bonchev–Trinajstić information content (AvgIpc) is 2.02. The van der Waals surface area contributed by atoms with Crippen LogP contribution in [0, 0.1) is 0 Å². The number of halogens is 7. The Morgan fingerprint density at radius 1 is 1.00 bits per heavy atom. The summed E-state index contributed by atoms with van der Waals surface area (Å²) in [5.74, 6) is 0. The zero-order valence-corrected chi connectivity index (χ0v) is 7.22. The number of hydrogen-bond donors (Lipinski definition) is 0. The molecule has 0 saturated carbocycles. The quantitative estimate of drug-likeness (QED) is 0.531. The van der Waals surface area contributed by atoms with Crippen molar-refractivity contribution >= 4 is 0 Å². The topological polar surface area (TPSA) is 0 Å². The summed E-state index contributed by atoms with van der Waals surface area (Å²) in [5, 5.41) is 0. The van der Waals surface area contributed by atoms with Crippen LogP contribution in [-0.4, -0.2) is 6.18 Å². The van der Waals surface area contributed by atoms with Crippen LogP contribution in [0.4, 0.5) is 30.7 Å². The van der Waals surface area contributed by atoms with Gasteiger partial charge in [0.1, 0.15) is 0 Å². The first-order valence-electron chi connectivity index (χ1n) is 3.19. The van der Waals surface area contributed by atoms with Crippen molar-refractivity contribution in [1.82, 2.24) is 0 Å². The molecule has 0 unspecified atom stereocenters. The Morgan fingerprint density at radius 3 is 1.29 bits per heavy atom. The van der Waals surface area contributed by atoms with Crippen LogP contribution in [0.2, 0.25) is 0 Å². The van der Waals surface area contributed by atoms with E-state index in [0.717, 1.165) is 6.08 Å². The van der Waals surface area contributed by atoms with Crippen LogP contribution in [0.15, 0.2) is 23.8 Å². The molecule has 0 heterocycles. The molecule has 0 rings (SSSR count). The van der Waals surface area contributed by atoms with Gasteiger partial charge in [0.15, 0.2) is 0 Å². The second-order valence-corrected chi connectivity index (χ2v) is 1.96. The van der Waals surface area contributed by atoms with E-state index in [2.05, 4.69) is 0 Å². The maximum absolute atomic E-state index is 11.2. The lowest BCUT2D eigenvalue weighted by atomic mass is 10.3. The predicted octanol–water partition coefficient (Wildman–Crippen LogP) is 4.51. The van der Waals surface area contributed by atoms with Crippen molar-refractivity contribution in [2.45, 2.75) is 20.0 Å². The van der Waals surface area contributed by atoms with Gasteiger partial charge in [0.2, 0.25) is 0 Å². The SMILES string of the molecule is CC(=C(F)F)C(F)(F)F.CC=C(F)F. The zero-order chi connectivity index (χ0) is 11.9. The van der Waals surface area contributed by atoms with E-state index in [-0.39, 0.29) is 0 Å². The Morgan fingerprint density at radius 2 is 1.29 bits per heavy atom. The highest BCUT2D eigenvalue weighted by Gasteiger charge is 2.33. The molecular weight excluding hydrogens is 217 g/mol. The highest BCUT2D eigenvalue weighted by Crippen LogP contribution is 2.28. The van der Waals surface area contributed by atoms with E-state index < -0.39 is 23.9 Å². The summed E-state index contributed by atoms with van der Waals surface area (Å²) in [6.07, 6.45) is -8.44.